The molecule has 0 saturated carbocycles. The number of halogens is 1. The van der Waals surface area contributed by atoms with E-state index in [1.165, 1.54) is 31.3 Å². The Bertz CT molecular complexity index is 445. The van der Waals surface area contributed by atoms with Crippen LogP contribution in [0.15, 0.2) is 35.9 Å². The molecule has 0 radical (unpaired) electrons. The van der Waals surface area contributed by atoms with Gasteiger partial charge in [0.25, 0.3) is 0 Å². The van der Waals surface area contributed by atoms with Crippen molar-refractivity contribution >= 4 is 17.4 Å². The summed E-state index contributed by atoms with van der Waals surface area (Å²) in [5.41, 5.74) is 2.22. The molecule has 0 aliphatic heterocycles. The van der Waals surface area contributed by atoms with Gasteiger partial charge in [0.2, 0.25) is 0 Å². The molecule has 0 N–H and O–H groups in total. The molecule has 1 aromatic rings. The zero-order valence-electron chi connectivity index (χ0n) is 13.3. The van der Waals surface area contributed by atoms with Crippen LogP contribution in [0.4, 0.5) is 0 Å². The first kappa shape index (κ1) is 18.0. The van der Waals surface area contributed by atoms with Crippen LogP contribution < -0.4 is 0 Å². The van der Waals surface area contributed by atoms with Crippen molar-refractivity contribution in [2.45, 2.75) is 65.2 Å². The van der Waals surface area contributed by atoms with Crippen molar-refractivity contribution in [2.24, 2.45) is 0 Å². The van der Waals surface area contributed by atoms with Crippen LogP contribution >= 0.6 is 11.6 Å². The Kier molecular flexibility index (Phi) is 9.09. The van der Waals surface area contributed by atoms with Crippen molar-refractivity contribution < 1.29 is 4.79 Å². The van der Waals surface area contributed by atoms with Crippen molar-refractivity contribution in [3.8, 4) is 0 Å². The van der Waals surface area contributed by atoms with Crippen LogP contribution in [0.1, 0.15) is 75.6 Å². The fourth-order valence-electron chi connectivity index (χ4n) is 2.30. The van der Waals surface area contributed by atoms with Gasteiger partial charge in [-0.3, -0.25) is 4.79 Å². The van der Waals surface area contributed by atoms with Crippen LogP contribution in [0.3, 0.4) is 0 Å². The molecule has 0 aliphatic carbocycles. The van der Waals surface area contributed by atoms with Crippen LogP contribution in [-0.4, -0.2) is 5.78 Å². The van der Waals surface area contributed by atoms with E-state index >= 15 is 0 Å². The molecule has 0 spiro atoms. The fourth-order valence-corrected chi connectivity index (χ4v) is 2.42. The quantitative estimate of drug-likeness (QED) is 0.270. The van der Waals surface area contributed by atoms with Crippen LogP contribution in [0.2, 0.25) is 5.02 Å². The molecule has 0 fully saturated rings. The normalized spacial score (nSPS) is 11.7. The van der Waals surface area contributed by atoms with E-state index in [-0.39, 0.29) is 5.78 Å². The molecular weight excluding hydrogens is 280 g/mol. The smallest absolute Gasteiger partial charge is 0.163 e. The summed E-state index contributed by atoms with van der Waals surface area (Å²) < 4.78 is 0. The topological polar surface area (TPSA) is 17.1 Å². The second-order valence-electron chi connectivity index (χ2n) is 5.54. The summed E-state index contributed by atoms with van der Waals surface area (Å²) in [6.07, 6.45) is 11.0. The molecule has 2 heteroatoms. The highest BCUT2D eigenvalue weighted by Crippen LogP contribution is 2.18. The summed E-state index contributed by atoms with van der Waals surface area (Å²) in [4.78, 5) is 12.2. The van der Waals surface area contributed by atoms with Gasteiger partial charge in [-0.1, -0.05) is 56.4 Å². The highest BCUT2D eigenvalue weighted by molar-refractivity contribution is 6.30. The van der Waals surface area contributed by atoms with Gasteiger partial charge in [0, 0.05) is 17.0 Å². The SMILES string of the molecule is CCCC/C=C(\CCCC)CCC(=O)c1ccc(Cl)cc1. The molecule has 1 rings (SSSR count). The monoisotopic (exact) mass is 306 g/mol. The van der Waals surface area contributed by atoms with Gasteiger partial charge in [-0.15, -0.1) is 0 Å². The van der Waals surface area contributed by atoms with Gasteiger partial charge < -0.3 is 0 Å². The molecule has 0 atom stereocenters. The average molecular weight is 307 g/mol. The summed E-state index contributed by atoms with van der Waals surface area (Å²) in [7, 11) is 0. The summed E-state index contributed by atoms with van der Waals surface area (Å²) in [6, 6.07) is 7.20. The number of Topliss-reactive ketones (excluding diaryl/α,β-unsaturated/α-hetero) is 1. The number of rotatable bonds is 10. The zero-order valence-corrected chi connectivity index (χ0v) is 14.1. The lowest BCUT2D eigenvalue weighted by Gasteiger charge is -2.07. The standard InChI is InChI=1S/C19H27ClO/c1-3-5-7-9-16(8-6-4-2)10-15-19(21)17-11-13-18(20)14-12-17/h9,11-14H,3-8,10,15H2,1-2H3/b16-9+. The van der Waals surface area contributed by atoms with Crippen molar-refractivity contribution in [1.29, 1.82) is 0 Å². The lowest BCUT2D eigenvalue weighted by molar-refractivity contribution is 0.0982. The molecule has 0 heterocycles. The molecule has 0 saturated heterocycles. The molecule has 0 bridgehead atoms. The minimum Gasteiger partial charge on any atom is -0.294 e. The van der Waals surface area contributed by atoms with E-state index in [9.17, 15) is 4.79 Å². The number of allylic oxidation sites excluding steroid dienone is 2. The van der Waals surface area contributed by atoms with E-state index < -0.39 is 0 Å². The van der Waals surface area contributed by atoms with E-state index in [1.807, 2.05) is 12.1 Å². The van der Waals surface area contributed by atoms with Crippen molar-refractivity contribution in [2.75, 3.05) is 0 Å². The number of hydrogen-bond acceptors (Lipinski definition) is 1. The third-order valence-electron chi connectivity index (χ3n) is 3.68. The van der Waals surface area contributed by atoms with Gasteiger partial charge in [0.1, 0.15) is 0 Å². The Hall–Kier alpha value is -1.08. The number of hydrogen-bond donors (Lipinski definition) is 0. The van der Waals surface area contributed by atoms with E-state index in [0.29, 0.717) is 11.4 Å². The molecule has 0 amide bonds. The zero-order chi connectivity index (χ0) is 15.5. The average Bonchev–Trinajstić information content (AvgIpc) is 2.50. The summed E-state index contributed by atoms with van der Waals surface area (Å²) in [5, 5.41) is 0.676. The molecule has 21 heavy (non-hydrogen) atoms. The molecule has 0 aliphatic rings. The predicted molar refractivity (Wildman–Crippen MR) is 92.1 cm³/mol. The first-order chi connectivity index (χ1) is 10.2. The fraction of sp³-hybridized carbons (Fsp3) is 0.526. The molecule has 0 aromatic heterocycles. The van der Waals surface area contributed by atoms with Gasteiger partial charge in [-0.25, -0.2) is 0 Å². The Morgan fingerprint density at radius 2 is 1.67 bits per heavy atom. The lowest BCUT2D eigenvalue weighted by Crippen LogP contribution is -2.00. The molecule has 1 aromatic carbocycles. The Morgan fingerprint density at radius 1 is 1.00 bits per heavy atom. The minimum atomic E-state index is 0.213. The number of benzene rings is 1. The van der Waals surface area contributed by atoms with Crippen molar-refractivity contribution in [3.05, 3.63) is 46.5 Å². The van der Waals surface area contributed by atoms with Crippen LogP contribution in [-0.2, 0) is 0 Å². The summed E-state index contributed by atoms with van der Waals surface area (Å²) in [6.45, 7) is 4.42. The number of carbonyl (C=O) groups is 1. The third kappa shape index (κ3) is 7.47. The van der Waals surface area contributed by atoms with E-state index in [4.69, 9.17) is 11.6 Å². The van der Waals surface area contributed by atoms with Gasteiger partial charge in [0.05, 0.1) is 0 Å². The van der Waals surface area contributed by atoms with Crippen LogP contribution in [0.25, 0.3) is 0 Å². The highest BCUT2D eigenvalue weighted by Gasteiger charge is 2.07. The first-order valence-electron chi connectivity index (χ1n) is 8.14. The highest BCUT2D eigenvalue weighted by atomic mass is 35.5. The largest absolute Gasteiger partial charge is 0.294 e. The van der Waals surface area contributed by atoms with E-state index in [1.54, 1.807) is 12.1 Å². The van der Waals surface area contributed by atoms with Gasteiger partial charge >= 0.3 is 0 Å². The molecular formula is C19H27ClO. The number of carbonyl (C=O) groups excluding carboxylic acids is 1. The van der Waals surface area contributed by atoms with Crippen molar-refractivity contribution in [1.82, 2.24) is 0 Å². The summed E-state index contributed by atoms with van der Waals surface area (Å²) in [5.74, 6) is 0.213. The Balaban J connectivity index is 2.52. The van der Waals surface area contributed by atoms with Crippen molar-refractivity contribution in [3.63, 3.8) is 0 Å². The maximum absolute atomic E-state index is 12.2. The van der Waals surface area contributed by atoms with E-state index in [0.717, 1.165) is 24.8 Å². The van der Waals surface area contributed by atoms with E-state index in [2.05, 4.69) is 19.9 Å². The molecule has 1 nitrogen and oxygen atoms in total. The first-order valence-corrected chi connectivity index (χ1v) is 8.51. The summed E-state index contributed by atoms with van der Waals surface area (Å²) >= 11 is 5.85. The maximum atomic E-state index is 12.2. The van der Waals surface area contributed by atoms with Crippen LogP contribution in [0.5, 0.6) is 0 Å². The van der Waals surface area contributed by atoms with Gasteiger partial charge in [-0.05, 0) is 49.9 Å². The molecule has 116 valence electrons. The number of ketones is 1. The lowest BCUT2D eigenvalue weighted by atomic mass is 9.98. The van der Waals surface area contributed by atoms with Crippen LogP contribution in [0, 0.1) is 0 Å². The second kappa shape index (κ2) is 10.6. The van der Waals surface area contributed by atoms with Gasteiger partial charge in [-0.2, -0.15) is 0 Å². The second-order valence-corrected chi connectivity index (χ2v) is 5.97. The number of unbranched alkanes of at least 4 members (excludes halogenated alkanes) is 3. The van der Waals surface area contributed by atoms with Gasteiger partial charge in [0.15, 0.2) is 5.78 Å². The molecule has 0 unspecified atom stereocenters. The third-order valence-corrected chi connectivity index (χ3v) is 3.93. The maximum Gasteiger partial charge on any atom is 0.163 e. The predicted octanol–water partition coefficient (Wildman–Crippen LogP) is 6.61. The Labute approximate surface area is 134 Å². The minimum absolute atomic E-state index is 0.213. The Morgan fingerprint density at radius 3 is 2.29 bits per heavy atom.